The van der Waals surface area contributed by atoms with Crippen LogP contribution in [0, 0.1) is 6.92 Å². The van der Waals surface area contributed by atoms with Crippen LogP contribution in [0.25, 0.3) is 5.57 Å². The SMILES string of the molecule is COC(=O)c1sc(C(=O)/C=C(\C)c2cc(Cl)c(Cl)c(Cl)c2)cc1C. The summed E-state index contributed by atoms with van der Waals surface area (Å²) in [6.45, 7) is 3.53. The summed E-state index contributed by atoms with van der Waals surface area (Å²) < 4.78 is 4.70. The maximum Gasteiger partial charge on any atom is 0.348 e. The highest BCUT2D eigenvalue weighted by Crippen LogP contribution is 2.33. The molecule has 0 aliphatic rings. The van der Waals surface area contributed by atoms with Crippen LogP contribution in [-0.2, 0) is 4.74 Å². The highest BCUT2D eigenvalue weighted by molar-refractivity contribution is 7.16. The van der Waals surface area contributed by atoms with Gasteiger partial charge in [-0.2, -0.15) is 0 Å². The van der Waals surface area contributed by atoms with Gasteiger partial charge in [-0.1, -0.05) is 34.8 Å². The number of ketones is 1. The molecule has 0 bridgehead atoms. The van der Waals surface area contributed by atoms with Crippen molar-refractivity contribution in [2.75, 3.05) is 7.11 Å². The lowest BCUT2D eigenvalue weighted by Gasteiger charge is -2.05. The van der Waals surface area contributed by atoms with E-state index in [4.69, 9.17) is 39.5 Å². The third kappa shape index (κ3) is 4.01. The number of rotatable bonds is 4. The topological polar surface area (TPSA) is 43.4 Å². The molecule has 0 atom stereocenters. The standard InChI is InChI=1S/C17H13Cl3O3S/c1-8(10-6-11(18)15(20)12(19)7-10)4-13(21)14-5-9(2)16(24-14)17(22)23-3/h4-7H,1-3H3/b8-4+. The minimum Gasteiger partial charge on any atom is -0.465 e. The number of aryl methyl sites for hydroxylation is 1. The van der Waals surface area contributed by atoms with Crippen molar-refractivity contribution in [1.29, 1.82) is 0 Å². The molecule has 24 heavy (non-hydrogen) atoms. The summed E-state index contributed by atoms with van der Waals surface area (Å²) in [6, 6.07) is 4.97. The highest BCUT2D eigenvalue weighted by Gasteiger charge is 2.17. The molecule has 3 nitrogen and oxygen atoms in total. The second-order valence-corrected chi connectivity index (χ2v) is 7.30. The smallest absolute Gasteiger partial charge is 0.348 e. The number of esters is 1. The summed E-state index contributed by atoms with van der Waals surface area (Å²) in [5, 5.41) is 0.913. The molecule has 0 aliphatic heterocycles. The van der Waals surface area contributed by atoms with Crippen molar-refractivity contribution in [2.24, 2.45) is 0 Å². The number of benzene rings is 1. The molecule has 0 fully saturated rings. The highest BCUT2D eigenvalue weighted by atomic mass is 35.5. The first kappa shape index (κ1) is 19.0. The Balaban J connectivity index is 2.34. The van der Waals surface area contributed by atoms with Gasteiger partial charge in [0.05, 0.1) is 27.1 Å². The number of hydrogen-bond acceptors (Lipinski definition) is 4. The average Bonchev–Trinajstić information content (AvgIpc) is 2.93. The van der Waals surface area contributed by atoms with Gasteiger partial charge in [-0.05, 0) is 54.8 Å². The van der Waals surface area contributed by atoms with Crippen LogP contribution in [0.5, 0.6) is 0 Å². The van der Waals surface area contributed by atoms with Crippen molar-refractivity contribution in [3.8, 4) is 0 Å². The molecule has 0 saturated heterocycles. The molecule has 0 N–H and O–H groups in total. The molecule has 2 rings (SSSR count). The van der Waals surface area contributed by atoms with Gasteiger partial charge in [0.1, 0.15) is 4.88 Å². The van der Waals surface area contributed by atoms with Crippen LogP contribution in [-0.4, -0.2) is 18.9 Å². The monoisotopic (exact) mass is 402 g/mol. The number of carbonyl (C=O) groups excluding carboxylic acids is 2. The molecule has 0 aliphatic carbocycles. The summed E-state index contributed by atoms with van der Waals surface area (Å²) in [7, 11) is 1.31. The summed E-state index contributed by atoms with van der Waals surface area (Å²) in [5.41, 5.74) is 2.09. The largest absolute Gasteiger partial charge is 0.465 e. The van der Waals surface area contributed by atoms with Crippen molar-refractivity contribution in [1.82, 2.24) is 0 Å². The van der Waals surface area contributed by atoms with Gasteiger partial charge in [0, 0.05) is 0 Å². The number of hydrogen-bond donors (Lipinski definition) is 0. The number of halogens is 3. The van der Waals surface area contributed by atoms with Gasteiger partial charge in [0.25, 0.3) is 0 Å². The molecular weight excluding hydrogens is 391 g/mol. The van der Waals surface area contributed by atoms with E-state index in [1.54, 1.807) is 32.0 Å². The fraction of sp³-hybridized carbons (Fsp3) is 0.176. The quantitative estimate of drug-likeness (QED) is 0.268. The first-order valence-corrected chi connectivity index (χ1v) is 8.76. The van der Waals surface area contributed by atoms with E-state index in [9.17, 15) is 9.59 Å². The first-order valence-electron chi connectivity index (χ1n) is 6.81. The lowest BCUT2D eigenvalue weighted by molar-refractivity contribution is 0.0605. The molecular formula is C17H13Cl3O3S. The van der Waals surface area contributed by atoms with Crippen LogP contribution in [0.1, 0.15) is 37.4 Å². The molecule has 1 heterocycles. The van der Waals surface area contributed by atoms with E-state index in [1.165, 1.54) is 13.2 Å². The Labute approximate surface area is 158 Å². The Morgan fingerprint density at radius 2 is 1.71 bits per heavy atom. The fourth-order valence-electron chi connectivity index (χ4n) is 2.03. The van der Waals surface area contributed by atoms with Gasteiger partial charge >= 0.3 is 5.97 Å². The van der Waals surface area contributed by atoms with Crippen LogP contribution in [0.3, 0.4) is 0 Å². The molecule has 1 aromatic carbocycles. The Morgan fingerprint density at radius 1 is 1.12 bits per heavy atom. The summed E-state index contributed by atoms with van der Waals surface area (Å²) in [4.78, 5) is 24.9. The lowest BCUT2D eigenvalue weighted by atomic mass is 10.1. The molecule has 0 amide bonds. The van der Waals surface area contributed by atoms with Crippen molar-refractivity contribution in [2.45, 2.75) is 13.8 Å². The second-order valence-electron chi connectivity index (χ2n) is 5.06. The second kappa shape index (κ2) is 7.70. The number of ether oxygens (including phenoxy) is 1. The zero-order valence-corrected chi connectivity index (χ0v) is 16.2. The summed E-state index contributed by atoms with van der Waals surface area (Å²) >= 11 is 19.1. The van der Waals surface area contributed by atoms with Gasteiger partial charge in [-0.3, -0.25) is 4.79 Å². The summed E-state index contributed by atoms with van der Waals surface area (Å²) in [5.74, 6) is -0.661. The average molecular weight is 404 g/mol. The van der Waals surface area contributed by atoms with Gasteiger partial charge in [0.2, 0.25) is 0 Å². The molecule has 0 saturated carbocycles. The van der Waals surface area contributed by atoms with E-state index < -0.39 is 5.97 Å². The Hall–Kier alpha value is -1.33. The Kier molecular flexibility index (Phi) is 6.10. The van der Waals surface area contributed by atoms with Crippen LogP contribution in [0.2, 0.25) is 15.1 Å². The van der Waals surface area contributed by atoms with Crippen LogP contribution in [0.4, 0.5) is 0 Å². The van der Waals surface area contributed by atoms with Crippen LogP contribution in [0.15, 0.2) is 24.3 Å². The first-order chi connectivity index (χ1) is 11.2. The third-order valence-electron chi connectivity index (χ3n) is 3.32. The van der Waals surface area contributed by atoms with Crippen LogP contribution >= 0.6 is 46.1 Å². The molecule has 1 aromatic heterocycles. The third-order valence-corrected chi connectivity index (χ3v) is 5.75. The lowest BCUT2D eigenvalue weighted by Crippen LogP contribution is -1.99. The molecule has 0 unspecified atom stereocenters. The van der Waals surface area contributed by atoms with E-state index in [1.807, 2.05) is 0 Å². The fourth-order valence-corrected chi connectivity index (χ4v) is 3.63. The zero-order valence-electron chi connectivity index (χ0n) is 13.1. The van der Waals surface area contributed by atoms with E-state index in [0.29, 0.717) is 36.5 Å². The number of allylic oxidation sites excluding steroid dienone is 2. The normalized spacial score (nSPS) is 11.5. The zero-order chi connectivity index (χ0) is 18.0. The molecule has 2 aromatic rings. The van der Waals surface area contributed by atoms with E-state index in [0.717, 1.165) is 11.3 Å². The predicted molar refractivity (Wildman–Crippen MR) is 99.8 cm³/mol. The maximum atomic E-state index is 12.4. The van der Waals surface area contributed by atoms with E-state index in [2.05, 4.69) is 0 Å². The Bertz CT molecular complexity index is 830. The van der Waals surface area contributed by atoms with Crippen LogP contribution < -0.4 is 0 Å². The number of methoxy groups -OCH3 is 1. The van der Waals surface area contributed by atoms with Gasteiger partial charge in [-0.15, -0.1) is 11.3 Å². The summed E-state index contributed by atoms with van der Waals surface area (Å²) in [6.07, 6.45) is 1.47. The molecule has 7 heteroatoms. The molecule has 0 spiro atoms. The minimum absolute atomic E-state index is 0.210. The molecule has 126 valence electrons. The minimum atomic E-state index is -0.450. The molecule has 0 radical (unpaired) electrons. The van der Waals surface area contributed by atoms with Crippen molar-refractivity contribution in [3.63, 3.8) is 0 Å². The van der Waals surface area contributed by atoms with E-state index >= 15 is 0 Å². The predicted octanol–water partition coefficient (Wildman–Crippen LogP) is 6.09. The van der Waals surface area contributed by atoms with E-state index in [-0.39, 0.29) is 10.8 Å². The van der Waals surface area contributed by atoms with Gasteiger partial charge < -0.3 is 4.74 Å². The maximum absolute atomic E-state index is 12.4. The van der Waals surface area contributed by atoms with Gasteiger partial charge in [-0.25, -0.2) is 4.79 Å². The van der Waals surface area contributed by atoms with Gasteiger partial charge in [0.15, 0.2) is 5.78 Å². The Morgan fingerprint density at radius 3 is 2.25 bits per heavy atom. The number of thiophene rings is 1. The van der Waals surface area contributed by atoms with Crippen molar-refractivity contribution >= 4 is 63.5 Å². The number of carbonyl (C=O) groups is 2. The van der Waals surface area contributed by atoms with Crippen molar-refractivity contribution < 1.29 is 14.3 Å². The van der Waals surface area contributed by atoms with Crippen molar-refractivity contribution in [3.05, 3.63) is 60.2 Å².